The highest BCUT2D eigenvalue weighted by Gasteiger charge is 2.20. The second-order valence-electron chi connectivity index (χ2n) is 7.87. The first-order valence-electron chi connectivity index (χ1n) is 10.4. The van der Waals surface area contributed by atoms with Gasteiger partial charge in [0.1, 0.15) is 23.9 Å². The average Bonchev–Trinajstić information content (AvgIpc) is 2.79. The zero-order chi connectivity index (χ0) is 25.4. The quantitative estimate of drug-likeness (QED) is 0.333. The Morgan fingerprint density at radius 2 is 1.91 bits per heavy atom. The third-order valence-electron chi connectivity index (χ3n) is 4.59. The Morgan fingerprint density at radius 1 is 1.24 bits per heavy atom. The number of rotatable bonds is 9. The molecule has 10 heteroatoms. The van der Waals surface area contributed by atoms with Gasteiger partial charge in [0, 0.05) is 11.1 Å². The van der Waals surface area contributed by atoms with Crippen LogP contribution >= 0.6 is 0 Å². The molecule has 0 spiro atoms. The molecule has 1 aromatic heterocycles. The third-order valence-corrected chi connectivity index (χ3v) is 4.59. The number of aromatic nitrogens is 1. The monoisotopic (exact) mass is 466 g/mol. The Hall–Kier alpha value is -4.26. The molecule has 0 atom stereocenters. The molecule has 0 bridgehead atoms. The summed E-state index contributed by atoms with van der Waals surface area (Å²) in [7, 11) is 0. The Balaban J connectivity index is 2.44. The smallest absolute Gasteiger partial charge is 0.340 e. The molecular formula is C24H26N4O6. The van der Waals surface area contributed by atoms with Gasteiger partial charge in [0.25, 0.3) is 5.56 Å². The first-order chi connectivity index (χ1) is 16.1. The fourth-order valence-corrected chi connectivity index (χ4v) is 2.77. The maximum atomic E-state index is 13.0. The molecule has 0 aliphatic rings. The minimum absolute atomic E-state index is 0.115. The number of esters is 2. The van der Waals surface area contributed by atoms with Gasteiger partial charge in [-0.2, -0.15) is 5.26 Å². The van der Waals surface area contributed by atoms with Crippen LogP contribution < -0.4 is 5.56 Å². The van der Waals surface area contributed by atoms with Crippen LogP contribution in [0.4, 0.5) is 11.4 Å². The second-order valence-corrected chi connectivity index (χ2v) is 7.87. The van der Waals surface area contributed by atoms with E-state index in [1.165, 1.54) is 26.0 Å². The molecule has 0 aliphatic heterocycles. The minimum atomic E-state index is -0.746. The molecule has 0 radical (unpaired) electrons. The molecule has 34 heavy (non-hydrogen) atoms. The van der Waals surface area contributed by atoms with Crippen molar-refractivity contribution in [2.75, 3.05) is 13.2 Å². The molecule has 1 aromatic carbocycles. The number of pyridine rings is 1. The number of azo groups is 1. The van der Waals surface area contributed by atoms with Crippen LogP contribution in [-0.2, 0) is 20.8 Å². The van der Waals surface area contributed by atoms with Crippen molar-refractivity contribution >= 4 is 23.3 Å². The third kappa shape index (κ3) is 6.16. The van der Waals surface area contributed by atoms with Gasteiger partial charge in [-0.25, -0.2) is 9.59 Å². The van der Waals surface area contributed by atoms with Crippen LogP contribution in [0.15, 0.2) is 51.4 Å². The van der Waals surface area contributed by atoms with E-state index < -0.39 is 23.4 Å². The van der Waals surface area contributed by atoms with Crippen LogP contribution in [0.1, 0.15) is 42.3 Å². The van der Waals surface area contributed by atoms with E-state index in [0.717, 1.165) is 4.57 Å². The van der Waals surface area contributed by atoms with E-state index in [0.29, 0.717) is 0 Å². The molecule has 0 saturated heterocycles. The Morgan fingerprint density at radius 3 is 2.53 bits per heavy atom. The van der Waals surface area contributed by atoms with Gasteiger partial charge in [-0.15, -0.1) is 10.2 Å². The average molecular weight is 466 g/mol. The van der Waals surface area contributed by atoms with Gasteiger partial charge in [-0.1, -0.05) is 32.6 Å². The van der Waals surface area contributed by atoms with Crippen LogP contribution in [0.2, 0.25) is 0 Å². The largest absolute Gasteiger partial charge is 0.493 e. The van der Waals surface area contributed by atoms with Crippen molar-refractivity contribution in [2.24, 2.45) is 16.1 Å². The summed E-state index contributed by atoms with van der Waals surface area (Å²) in [5.41, 5.74) is -0.499. The molecule has 0 unspecified atom stereocenters. The molecule has 2 aromatic rings. The van der Waals surface area contributed by atoms with Crippen molar-refractivity contribution < 1.29 is 24.2 Å². The van der Waals surface area contributed by atoms with Gasteiger partial charge >= 0.3 is 11.9 Å². The zero-order valence-electron chi connectivity index (χ0n) is 19.5. The number of hydrogen-bond donors (Lipinski definition) is 1. The highest BCUT2D eigenvalue weighted by atomic mass is 16.5. The standard InChI is InChI=1S/C24H26N4O6/c1-14(2)13-34-24(32)17-8-6-7-9-19(17)26-27-20-16(5)18(12-25)21(29)28(22(20)30)10-11-33-23(31)15(3)4/h6-9,14,29H,3,10-11,13H2,1-2,4-5H3. The van der Waals surface area contributed by atoms with Crippen molar-refractivity contribution in [1.29, 1.82) is 5.26 Å². The zero-order valence-corrected chi connectivity index (χ0v) is 19.5. The summed E-state index contributed by atoms with van der Waals surface area (Å²) in [6, 6.07) is 8.18. The Kier molecular flexibility index (Phi) is 8.84. The summed E-state index contributed by atoms with van der Waals surface area (Å²) in [5, 5.41) is 27.9. The summed E-state index contributed by atoms with van der Waals surface area (Å²) in [5.74, 6) is -1.66. The molecule has 0 amide bonds. The maximum Gasteiger partial charge on any atom is 0.340 e. The molecule has 178 valence electrons. The van der Waals surface area contributed by atoms with E-state index in [1.807, 2.05) is 19.9 Å². The molecule has 10 nitrogen and oxygen atoms in total. The van der Waals surface area contributed by atoms with Crippen molar-refractivity contribution in [3.8, 4) is 11.9 Å². The van der Waals surface area contributed by atoms with E-state index in [4.69, 9.17) is 9.47 Å². The van der Waals surface area contributed by atoms with E-state index in [9.17, 15) is 24.8 Å². The van der Waals surface area contributed by atoms with Crippen LogP contribution in [0.25, 0.3) is 0 Å². The van der Waals surface area contributed by atoms with Crippen LogP contribution in [0.3, 0.4) is 0 Å². The van der Waals surface area contributed by atoms with Crippen molar-refractivity contribution in [3.63, 3.8) is 0 Å². The summed E-state index contributed by atoms with van der Waals surface area (Å²) >= 11 is 0. The number of carbonyl (C=O) groups excluding carboxylic acids is 2. The number of ether oxygens (including phenoxy) is 2. The number of nitriles is 1. The number of benzene rings is 1. The molecular weight excluding hydrogens is 440 g/mol. The molecule has 0 aliphatic carbocycles. The van der Waals surface area contributed by atoms with Gasteiger partial charge in [-0.05, 0) is 31.9 Å². The van der Waals surface area contributed by atoms with Crippen LogP contribution in [0.5, 0.6) is 5.88 Å². The van der Waals surface area contributed by atoms with Gasteiger partial charge < -0.3 is 14.6 Å². The highest BCUT2D eigenvalue weighted by Crippen LogP contribution is 2.28. The lowest BCUT2D eigenvalue weighted by Crippen LogP contribution is -2.24. The van der Waals surface area contributed by atoms with E-state index in [1.54, 1.807) is 12.1 Å². The predicted octanol–water partition coefficient (Wildman–Crippen LogP) is 4.08. The topological polar surface area (TPSA) is 143 Å². The van der Waals surface area contributed by atoms with Crippen molar-refractivity contribution in [1.82, 2.24) is 4.57 Å². The first kappa shape index (κ1) is 26.0. The lowest BCUT2D eigenvalue weighted by atomic mass is 10.1. The lowest BCUT2D eigenvalue weighted by Gasteiger charge is -2.13. The summed E-state index contributed by atoms with van der Waals surface area (Å²) < 4.78 is 11.1. The van der Waals surface area contributed by atoms with E-state index in [-0.39, 0.29) is 59.3 Å². The lowest BCUT2D eigenvalue weighted by molar-refractivity contribution is -0.139. The van der Waals surface area contributed by atoms with Crippen molar-refractivity contribution in [3.05, 3.63) is 63.5 Å². The molecule has 0 fully saturated rings. The fourth-order valence-electron chi connectivity index (χ4n) is 2.77. The number of aromatic hydroxyl groups is 1. The molecule has 2 rings (SSSR count). The number of nitrogens with zero attached hydrogens (tertiary/aromatic N) is 4. The van der Waals surface area contributed by atoms with Gasteiger partial charge in [-0.3, -0.25) is 9.36 Å². The van der Waals surface area contributed by atoms with Gasteiger partial charge in [0.2, 0.25) is 5.88 Å². The van der Waals surface area contributed by atoms with Crippen LogP contribution in [-0.4, -0.2) is 34.8 Å². The summed E-state index contributed by atoms with van der Waals surface area (Å²) in [4.78, 5) is 37.0. The molecule has 1 N–H and O–H groups in total. The SMILES string of the molecule is C=C(C)C(=O)OCCn1c(O)c(C#N)c(C)c(N=Nc2ccccc2C(=O)OCC(C)C)c1=O. The van der Waals surface area contributed by atoms with Crippen molar-refractivity contribution in [2.45, 2.75) is 34.2 Å². The fraction of sp³-hybridized carbons (Fsp3) is 0.333. The maximum absolute atomic E-state index is 13.0. The molecule has 1 heterocycles. The highest BCUT2D eigenvalue weighted by molar-refractivity contribution is 5.94. The molecule has 0 saturated carbocycles. The summed E-state index contributed by atoms with van der Waals surface area (Å²) in [6.07, 6.45) is 0. The Bertz CT molecular complexity index is 1240. The predicted molar refractivity (Wildman–Crippen MR) is 123 cm³/mol. The normalized spacial score (nSPS) is 10.8. The van der Waals surface area contributed by atoms with Gasteiger partial charge in [0.15, 0.2) is 5.69 Å². The number of carbonyl (C=O) groups is 2. The van der Waals surface area contributed by atoms with E-state index >= 15 is 0 Å². The minimum Gasteiger partial charge on any atom is -0.493 e. The summed E-state index contributed by atoms with van der Waals surface area (Å²) in [6.45, 7) is 9.96. The second kappa shape index (κ2) is 11.6. The van der Waals surface area contributed by atoms with E-state index in [2.05, 4.69) is 16.8 Å². The Labute approximate surface area is 196 Å². The first-order valence-corrected chi connectivity index (χ1v) is 10.4. The number of hydrogen-bond acceptors (Lipinski definition) is 9. The van der Waals surface area contributed by atoms with Crippen LogP contribution in [0, 0.1) is 24.2 Å². The van der Waals surface area contributed by atoms with Gasteiger partial charge in [0.05, 0.1) is 18.7 Å².